The van der Waals surface area contributed by atoms with E-state index in [9.17, 15) is 9.90 Å². The highest BCUT2D eigenvalue weighted by molar-refractivity contribution is 5.76. The zero-order valence-electron chi connectivity index (χ0n) is 11.5. The summed E-state index contributed by atoms with van der Waals surface area (Å²) in [6, 6.07) is 3.64. The molecule has 2 rings (SSSR count). The molecule has 0 aromatic carbocycles. The van der Waals surface area contributed by atoms with E-state index in [1.54, 1.807) is 12.3 Å². The summed E-state index contributed by atoms with van der Waals surface area (Å²) in [5.74, 6) is 0.519. The molecular weight excluding hydrogens is 260 g/mol. The first-order valence-electron chi connectivity index (χ1n) is 6.95. The number of amides is 1. The number of aliphatic hydroxyl groups is 1. The molecule has 0 bridgehead atoms. The van der Waals surface area contributed by atoms with Crippen molar-refractivity contribution in [3.8, 4) is 0 Å². The zero-order valence-corrected chi connectivity index (χ0v) is 11.5. The summed E-state index contributed by atoms with van der Waals surface area (Å²) >= 11 is 0. The monoisotopic (exact) mass is 282 g/mol. The Labute approximate surface area is 118 Å². The predicted octanol–water partition coefficient (Wildman–Crippen LogP) is 0.354. The first kappa shape index (κ1) is 15.0. The second kappa shape index (κ2) is 7.42. The Morgan fingerprint density at radius 2 is 2.30 bits per heavy atom. The lowest BCUT2D eigenvalue weighted by atomic mass is 9.96. The Bertz CT molecular complexity index is 399. The molecule has 1 unspecified atom stereocenters. The second-order valence-electron chi connectivity index (χ2n) is 5.23. The van der Waals surface area contributed by atoms with Gasteiger partial charge in [-0.05, 0) is 38.1 Å². The maximum Gasteiger partial charge on any atom is 0.220 e. The molecule has 20 heavy (non-hydrogen) atoms. The summed E-state index contributed by atoms with van der Waals surface area (Å²) < 4.78 is 10.5. The quantitative estimate of drug-likeness (QED) is 0.753. The van der Waals surface area contributed by atoms with Crippen LogP contribution in [0.1, 0.15) is 18.6 Å². The summed E-state index contributed by atoms with van der Waals surface area (Å²) in [5, 5.41) is 9.92. The number of rotatable bonds is 7. The van der Waals surface area contributed by atoms with Crippen molar-refractivity contribution < 1.29 is 19.1 Å². The molecule has 1 atom stereocenters. The number of carbonyl (C=O) groups excluding carboxylic acids is 1. The molecule has 1 saturated heterocycles. The van der Waals surface area contributed by atoms with E-state index in [1.807, 2.05) is 6.07 Å². The third-order valence-corrected chi connectivity index (χ3v) is 3.59. The second-order valence-corrected chi connectivity index (χ2v) is 5.23. The van der Waals surface area contributed by atoms with E-state index in [-0.39, 0.29) is 18.4 Å². The highest BCUT2D eigenvalue weighted by Gasteiger charge is 2.24. The van der Waals surface area contributed by atoms with Gasteiger partial charge in [0.25, 0.3) is 0 Å². The fourth-order valence-electron chi connectivity index (χ4n) is 2.44. The van der Waals surface area contributed by atoms with Crippen LogP contribution in [0.3, 0.4) is 0 Å². The molecule has 0 aliphatic carbocycles. The smallest absolute Gasteiger partial charge is 0.220 e. The van der Waals surface area contributed by atoms with E-state index >= 15 is 0 Å². The number of aliphatic hydroxyl groups excluding tert-OH is 1. The Kier molecular flexibility index (Phi) is 5.58. The third kappa shape index (κ3) is 4.63. The minimum atomic E-state index is -0.532. The Morgan fingerprint density at radius 3 is 2.90 bits per heavy atom. The summed E-state index contributed by atoms with van der Waals surface area (Å²) in [5.41, 5.74) is 5.29. The van der Waals surface area contributed by atoms with Crippen LogP contribution in [0.4, 0.5) is 0 Å². The first-order valence-corrected chi connectivity index (χ1v) is 6.95. The van der Waals surface area contributed by atoms with Crippen molar-refractivity contribution in [2.75, 3.05) is 26.2 Å². The molecule has 1 aliphatic heterocycles. The summed E-state index contributed by atoms with van der Waals surface area (Å²) in [6.45, 7) is 2.79. The first-order chi connectivity index (χ1) is 9.65. The molecule has 1 aliphatic rings. The number of ether oxygens (including phenoxy) is 1. The van der Waals surface area contributed by atoms with Gasteiger partial charge in [-0.1, -0.05) is 0 Å². The van der Waals surface area contributed by atoms with Gasteiger partial charge in [0.1, 0.15) is 12.4 Å². The van der Waals surface area contributed by atoms with Crippen LogP contribution in [0.5, 0.6) is 0 Å². The van der Waals surface area contributed by atoms with Crippen LogP contribution in [0, 0.1) is 5.92 Å². The fourth-order valence-corrected chi connectivity index (χ4v) is 2.44. The highest BCUT2D eigenvalue weighted by Crippen LogP contribution is 2.16. The lowest BCUT2D eigenvalue weighted by molar-refractivity contribution is -0.123. The van der Waals surface area contributed by atoms with Gasteiger partial charge in [-0.2, -0.15) is 0 Å². The predicted molar refractivity (Wildman–Crippen MR) is 72.7 cm³/mol. The van der Waals surface area contributed by atoms with Gasteiger partial charge in [0.2, 0.25) is 5.91 Å². The van der Waals surface area contributed by atoms with Gasteiger partial charge < -0.3 is 24.9 Å². The van der Waals surface area contributed by atoms with Crippen molar-refractivity contribution in [2.45, 2.75) is 25.6 Å². The molecule has 0 radical (unpaired) electrons. The van der Waals surface area contributed by atoms with Crippen LogP contribution in [-0.2, 0) is 16.1 Å². The molecular formula is C14H22N2O4. The summed E-state index contributed by atoms with van der Waals surface area (Å²) in [7, 11) is 0. The molecule has 0 spiro atoms. The van der Waals surface area contributed by atoms with Crippen molar-refractivity contribution in [2.24, 2.45) is 11.7 Å². The van der Waals surface area contributed by atoms with Crippen LogP contribution in [-0.4, -0.2) is 48.3 Å². The molecule has 6 nitrogen and oxygen atoms in total. The lowest BCUT2D eigenvalue weighted by Crippen LogP contribution is -2.42. The minimum absolute atomic E-state index is 0.0152. The van der Waals surface area contributed by atoms with Crippen molar-refractivity contribution in [1.29, 1.82) is 0 Å². The van der Waals surface area contributed by atoms with Crippen molar-refractivity contribution in [1.82, 2.24) is 4.90 Å². The van der Waals surface area contributed by atoms with Gasteiger partial charge in [-0.25, -0.2) is 0 Å². The Balaban J connectivity index is 1.60. The van der Waals surface area contributed by atoms with Crippen molar-refractivity contribution >= 4 is 5.91 Å². The molecule has 6 heteroatoms. The lowest BCUT2D eigenvalue weighted by Gasteiger charge is -2.31. The zero-order chi connectivity index (χ0) is 14.4. The number of nitrogens with two attached hydrogens (primary N) is 1. The van der Waals surface area contributed by atoms with Gasteiger partial charge in [-0.3, -0.25) is 4.79 Å². The molecule has 2 heterocycles. The third-order valence-electron chi connectivity index (χ3n) is 3.59. The summed E-state index contributed by atoms with van der Waals surface area (Å²) in [6.07, 6.45) is 2.61. The van der Waals surface area contributed by atoms with Gasteiger partial charge in [0, 0.05) is 12.5 Å². The molecule has 1 aromatic heterocycles. The maximum atomic E-state index is 11.1. The van der Waals surface area contributed by atoms with Gasteiger partial charge in [-0.15, -0.1) is 0 Å². The van der Waals surface area contributed by atoms with Gasteiger partial charge >= 0.3 is 0 Å². The molecule has 1 aromatic rings. The number of likely N-dealkylation sites (tertiary alicyclic amines) is 1. The maximum absolute atomic E-state index is 11.1. The number of hydrogen-bond donors (Lipinski definition) is 2. The number of primary amides is 1. The highest BCUT2D eigenvalue weighted by atomic mass is 16.5. The number of β-amino-alcohol motifs (C(OH)–C–C–N with tert-alkyl or cyclic N) is 1. The van der Waals surface area contributed by atoms with E-state index < -0.39 is 6.10 Å². The molecule has 3 N–H and O–H groups in total. The largest absolute Gasteiger partial charge is 0.467 e. The minimum Gasteiger partial charge on any atom is -0.467 e. The van der Waals surface area contributed by atoms with Crippen LogP contribution in [0.15, 0.2) is 22.8 Å². The van der Waals surface area contributed by atoms with Gasteiger partial charge in [0.05, 0.1) is 19.0 Å². The van der Waals surface area contributed by atoms with Crippen molar-refractivity contribution in [3.63, 3.8) is 0 Å². The van der Waals surface area contributed by atoms with Crippen LogP contribution < -0.4 is 5.73 Å². The van der Waals surface area contributed by atoms with E-state index in [1.165, 1.54) is 0 Å². The van der Waals surface area contributed by atoms with Crippen molar-refractivity contribution in [3.05, 3.63) is 24.2 Å². The number of piperidine rings is 1. The Morgan fingerprint density at radius 1 is 1.55 bits per heavy atom. The fraction of sp³-hybridized carbons (Fsp3) is 0.643. The number of furan rings is 1. The average Bonchev–Trinajstić information content (AvgIpc) is 2.92. The number of hydrogen-bond acceptors (Lipinski definition) is 5. The normalized spacial score (nSPS) is 19.1. The average molecular weight is 282 g/mol. The van der Waals surface area contributed by atoms with E-state index in [0.717, 1.165) is 31.7 Å². The summed E-state index contributed by atoms with van der Waals surface area (Å²) in [4.78, 5) is 13.2. The van der Waals surface area contributed by atoms with E-state index in [4.69, 9.17) is 14.9 Å². The van der Waals surface area contributed by atoms with Crippen LogP contribution in [0.2, 0.25) is 0 Å². The van der Waals surface area contributed by atoms with Crippen LogP contribution in [0.25, 0.3) is 0 Å². The number of nitrogens with zero attached hydrogens (tertiary/aromatic N) is 1. The van der Waals surface area contributed by atoms with Crippen LogP contribution >= 0.6 is 0 Å². The van der Waals surface area contributed by atoms with E-state index in [0.29, 0.717) is 13.2 Å². The van der Waals surface area contributed by atoms with E-state index in [2.05, 4.69) is 4.90 Å². The number of carbonyl (C=O) groups is 1. The molecule has 1 fully saturated rings. The SMILES string of the molecule is NC(=O)C1CCN(CC(O)COCc2ccco2)CC1. The molecule has 112 valence electrons. The van der Waals surface area contributed by atoms with Gasteiger partial charge in [0.15, 0.2) is 0 Å². The topological polar surface area (TPSA) is 88.9 Å². The molecule has 1 amide bonds. The molecule has 0 saturated carbocycles. The Hall–Kier alpha value is -1.37. The standard InChI is InChI=1S/C14H22N2O4/c15-14(18)11-3-5-16(6-4-11)8-12(17)9-19-10-13-2-1-7-20-13/h1-2,7,11-12,17H,3-6,8-10H2,(H2,15,18).